The van der Waals surface area contributed by atoms with Gasteiger partial charge in [-0.05, 0) is 18.2 Å². The maximum atomic E-state index is 11.4. The van der Waals surface area contributed by atoms with Crippen LogP contribution in [0.25, 0.3) is 10.9 Å². The summed E-state index contributed by atoms with van der Waals surface area (Å²) in [6.45, 7) is 3.95. The van der Waals surface area contributed by atoms with Gasteiger partial charge in [-0.25, -0.2) is 9.97 Å². The highest BCUT2D eigenvalue weighted by Crippen LogP contribution is 2.24. The molecule has 6 nitrogen and oxygen atoms in total. The molecule has 4 rings (SSSR count). The number of anilines is 1. The van der Waals surface area contributed by atoms with E-state index >= 15 is 0 Å². The van der Waals surface area contributed by atoms with Gasteiger partial charge in [0.25, 0.3) is 0 Å². The van der Waals surface area contributed by atoms with Crippen LogP contribution >= 0.6 is 15.9 Å². The van der Waals surface area contributed by atoms with Gasteiger partial charge in [0, 0.05) is 48.3 Å². The molecule has 3 heterocycles. The molecule has 0 bridgehead atoms. The highest BCUT2D eigenvalue weighted by atomic mass is 79.9. The van der Waals surface area contributed by atoms with Crippen molar-refractivity contribution in [1.82, 2.24) is 20.2 Å². The summed E-state index contributed by atoms with van der Waals surface area (Å²) in [6.07, 6.45) is 1.87. The van der Waals surface area contributed by atoms with E-state index in [2.05, 4.69) is 41.0 Å². The molecule has 0 saturated carbocycles. The number of nitrogens with zero attached hydrogens (tertiary/aromatic N) is 4. The highest BCUT2D eigenvalue weighted by Gasteiger charge is 2.35. The van der Waals surface area contributed by atoms with Gasteiger partial charge >= 0.3 is 0 Å². The summed E-state index contributed by atoms with van der Waals surface area (Å²) in [5, 5.41) is 3.89. The lowest BCUT2D eigenvalue weighted by molar-refractivity contribution is -0.125. The molecule has 114 valence electrons. The number of hydrogen-bond acceptors (Lipinski definition) is 5. The van der Waals surface area contributed by atoms with E-state index in [-0.39, 0.29) is 5.91 Å². The quantitative estimate of drug-likeness (QED) is 0.864. The van der Waals surface area contributed by atoms with E-state index in [4.69, 9.17) is 0 Å². The molecule has 0 spiro atoms. The fourth-order valence-corrected chi connectivity index (χ4v) is 3.35. The van der Waals surface area contributed by atoms with Gasteiger partial charge in [-0.2, -0.15) is 0 Å². The van der Waals surface area contributed by atoms with Crippen LogP contribution in [-0.2, 0) is 4.79 Å². The van der Waals surface area contributed by atoms with Gasteiger partial charge in [0.05, 0.1) is 12.1 Å². The first kappa shape index (κ1) is 13.9. The lowest BCUT2D eigenvalue weighted by Crippen LogP contribution is -2.64. The third-order valence-electron chi connectivity index (χ3n) is 4.26. The zero-order chi connectivity index (χ0) is 15.1. The highest BCUT2D eigenvalue weighted by molar-refractivity contribution is 9.10. The van der Waals surface area contributed by atoms with Crippen molar-refractivity contribution in [1.29, 1.82) is 0 Å². The molecular formula is C15H16BrN5O. The molecule has 2 aliphatic heterocycles. The molecule has 2 aromatic rings. The zero-order valence-electron chi connectivity index (χ0n) is 12.0. The van der Waals surface area contributed by atoms with Gasteiger partial charge in [-0.15, -0.1) is 0 Å². The van der Waals surface area contributed by atoms with Crippen LogP contribution in [0.3, 0.4) is 0 Å². The van der Waals surface area contributed by atoms with Gasteiger partial charge < -0.3 is 10.2 Å². The average Bonchev–Trinajstić information content (AvgIpc) is 2.46. The Morgan fingerprint density at radius 3 is 3.00 bits per heavy atom. The lowest BCUT2D eigenvalue weighted by Gasteiger charge is -2.46. The standard InChI is InChI=1S/C15H16BrN5O/c16-11-1-2-13-10(5-11)6-18-15(19-13)21-7-12(8-21)20-4-3-17-14(22)9-20/h1-2,5-6,12H,3-4,7-9H2,(H,17,22). The summed E-state index contributed by atoms with van der Waals surface area (Å²) in [5.41, 5.74) is 0.953. The normalized spacial score (nSPS) is 20.0. The van der Waals surface area contributed by atoms with Crippen LogP contribution < -0.4 is 10.2 Å². The van der Waals surface area contributed by atoms with Crippen LogP contribution in [0.15, 0.2) is 28.9 Å². The van der Waals surface area contributed by atoms with Crippen molar-refractivity contribution in [2.75, 3.05) is 37.6 Å². The Hall–Kier alpha value is -1.73. The number of amides is 1. The van der Waals surface area contributed by atoms with Crippen molar-refractivity contribution in [3.63, 3.8) is 0 Å². The first-order valence-electron chi connectivity index (χ1n) is 7.37. The number of fused-ring (bicyclic) bond motifs is 1. The van der Waals surface area contributed by atoms with Crippen LogP contribution in [0.1, 0.15) is 0 Å². The Kier molecular flexibility index (Phi) is 3.46. The summed E-state index contributed by atoms with van der Waals surface area (Å²) in [6, 6.07) is 6.43. The predicted molar refractivity (Wildman–Crippen MR) is 87.8 cm³/mol. The van der Waals surface area contributed by atoms with Crippen LogP contribution in [0.4, 0.5) is 5.95 Å². The molecule has 22 heavy (non-hydrogen) atoms. The monoisotopic (exact) mass is 361 g/mol. The number of rotatable bonds is 2. The number of hydrogen-bond donors (Lipinski definition) is 1. The van der Waals surface area contributed by atoms with Gasteiger partial charge in [0.15, 0.2) is 0 Å². The third kappa shape index (κ3) is 2.55. The van der Waals surface area contributed by atoms with E-state index in [1.165, 1.54) is 0 Å². The SMILES string of the molecule is O=C1CN(C2CN(c3ncc4cc(Br)ccc4n3)C2)CCN1. The van der Waals surface area contributed by atoms with Crippen molar-refractivity contribution >= 4 is 38.7 Å². The van der Waals surface area contributed by atoms with E-state index in [1.807, 2.05) is 24.4 Å². The predicted octanol–water partition coefficient (Wildman–Crippen LogP) is 1.01. The molecule has 2 saturated heterocycles. The number of halogens is 1. The largest absolute Gasteiger partial charge is 0.354 e. The smallest absolute Gasteiger partial charge is 0.234 e. The summed E-state index contributed by atoms with van der Waals surface area (Å²) in [5.74, 6) is 0.893. The Bertz CT molecular complexity index is 731. The molecule has 0 radical (unpaired) electrons. The number of carbonyl (C=O) groups excluding carboxylic acids is 1. The van der Waals surface area contributed by atoms with Crippen molar-refractivity contribution in [2.45, 2.75) is 6.04 Å². The van der Waals surface area contributed by atoms with Crippen LogP contribution in [-0.4, -0.2) is 59.5 Å². The number of aromatic nitrogens is 2. The fourth-order valence-electron chi connectivity index (χ4n) is 2.97. The van der Waals surface area contributed by atoms with Crippen LogP contribution in [0, 0.1) is 0 Å². The summed E-state index contributed by atoms with van der Waals surface area (Å²) in [7, 11) is 0. The van der Waals surface area contributed by atoms with E-state index in [9.17, 15) is 4.79 Å². The Morgan fingerprint density at radius 1 is 1.32 bits per heavy atom. The minimum Gasteiger partial charge on any atom is -0.354 e. The van der Waals surface area contributed by atoms with Gasteiger partial charge in [0.2, 0.25) is 11.9 Å². The third-order valence-corrected chi connectivity index (χ3v) is 4.75. The molecule has 1 N–H and O–H groups in total. The van der Waals surface area contributed by atoms with E-state index in [1.54, 1.807) is 0 Å². The Labute approximate surface area is 136 Å². The summed E-state index contributed by atoms with van der Waals surface area (Å²) in [4.78, 5) is 24.9. The van der Waals surface area contributed by atoms with Gasteiger partial charge in [-0.3, -0.25) is 9.69 Å². The van der Waals surface area contributed by atoms with E-state index < -0.39 is 0 Å². The van der Waals surface area contributed by atoms with E-state index in [0.29, 0.717) is 12.6 Å². The zero-order valence-corrected chi connectivity index (χ0v) is 13.6. The molecule has 1 amide bonds. The molecule has 7 heteroatoms. The Morgan fingerprint density at radius 2 is 2.18 bits per heavy atom. The molecule has 0 aliphatic carbocycles. The number of benzene rings is 1. The molecule has 2 fully saturated rings. The average molecular weight is 362 g/mol. The molecule has 1 aromatic carbocycles. The number of carbonyl (C=O) groups is 1. The fraction of sp³-hybridized carbons (Fsp3) is 0.400. The second-order valence-corrected chi connectivity index (χ2v) is 6.67. The first-order chi connectivity index (χ1) is 10.7. The Balaban J connectivity index is 1.46. The van der Waals surface area contributed by atoms with Crippen molar-refractivity contribution in [3.8, 4) is 0 Å². The van der Waals surface area contributed by atoms with Crippen LogP contribution in [0.2, 0.25) is 0 Å². The van der Waals surface area contributed by atoms with Crippen molar-refractivity contribution in [3.05, 3.63) is 28.9 Å². The summed E-state index contributed by atoms with van der Waals surface area (Å²) < 4.78 is 1.03. The second kappa shape index (κ2) is 5.48. The molecule has 0 atom stereocenters. The van der Waals surface area contributed by atoms with E-state index in [0.717, 1.165) is 47.5 Å². The maximum Gasteiger partial charge on any atom is 0.234 e. The van der Waals surface area contributed by atoms with Gasteiger partial charge in [-0.1, -0.05) is 15.9 Å². The summed E-state index contributed by atoms with van der Waals surface area (Å²) >= 11 is 3.46. The number of piperazine rings is 1. The topological polar surface area (TPSA) is 61.4 Å². The number of nitrogens with one attached hydrogen (secondary N) is 1. The van der Waals surface area contributed by atoms with Crippen molar-refractivity contribution in [2.24, 2.45) is 0 Å². The minimum absolute atomic E-state index is 0.122. The molecule has 1 aromatic heterocycles. The molecule has 2 aliphatic rings. The first-order valence-corrected chi connectivity index (χ1v) is 8.16. The maximum absolute atomic E-state index is 11.4. The van der Waals surface area contributed by atoms with Gasteiger partial charge in [0.1, 0.15) is 0 Å². The van der Waals surface area contributed by atoms with Crippen molar-refractivity contribution < 1.29 is 4.79 Å². The molecular weight excluding hydrogens is 346 g/mol. The lowest BCUT2D eigenvalue weighted by atomic mass is 10.1. The second-order valence-electron chi connectivity index (χ2n) is 5.75. The van der Waals surface area contributed by atoms with Crippen LogP contribution in [0.5, 0.6) is 0 Å². The minimum atomic E-state index is 0.122. The molecule has 0 unspecified atom stereocenters.